The van der Waals surface area contributed by atoms with Crippen molar-refractivity contribution in [1.29, 1.82) is 0 Å². The number of likely N-dealkylation sites (tertiary alicyclic amines) is 1. The van der Waals surface area contributed by atoms with E-state index in [0.29, 0.717) is 76.8 Å². The van der Waals surface area contributed by atoms with Crippen LogP contribution in [0.1, 0.15) is 83.3 Å². The molecule has 57 heavy (non-hydrogen) atoms. The molecule has 3 amide bonds. The monoisotopic (exact) mass is 801 g/mol. The van der Waals surface area contributed by atoms with Gasteiger partial charge in [-0.05, 0) is 91.8 Å². The minimum atomic E-state index is -0.279. The average Bonchev–Trinajstić information content (AvgIpc) is 3.67. The molecule has 1 saturated carbocycles. The van der Waals surface area contributed by atoms with Gasteiger partial charge >= 0.3 is 0 Å². The maximum Gasteiger partial charge on any atom is 0.264 e. The highest BCUT2D eigenvalue weighted by atomic mass is 32.1. The van der Waals surface area contributed by atoms with Gasteiger partial charge in [-0.1, -0.05) is 49.6 Å². The molecule has 0 radical (unpaired) electrons. The van der Waals surface area contributed by atoms with Gasteiger partial charge in [0.25, 0.3) is 11.8 Å². The summed E-state index contributed by atoms with van der Waals surface area (Å²) in [6, 6.07) is 14.4. The van der Waals surface area contributed by atoms with Crippen LogP contribution in [0.25, 0.3) is 0 Å². The van der Waals surface area contributed by atoms with Crippen LogP contribution in [-0.2, 0) is 38.4 Å². The molecule has 1 spiro atoms. The number of piperidine rings is 1. The Kier molecular flexibility index (Phi) is 14.2. The van der Waals surface area contributed by atoms with Gasteiger partial charge in [0.05, 0.1) is 43.3 Å². The number of phenolic OH excluding ortho intramolecular Hbond substituents is 1. The van der Waals surface area contributed by atoms with Crippen molar-refractivity contribution in [1.82, 2.24) is 20.0 Å². The summed E-state index contributed by atoms with van der Waals surface area (Å²) in [5.41, 5.74) is 4.65. The summed E-state index contributed by atoms with van der Waals surface area (Å²) in [7, 11) is 0. The number of anilines is 1. The second-order valence-corrected chi connectivity index (χ2v) is 17.0. The fraction of sp³-hybridized carbons (Fsp3) is 0.568. The molecule has 0 atom stereocenters. The first-order chi connectivity index (χ1) is 27.7. The second kappa shape index (κ2) is 19.6. The predicted molar refractivity (Wildman–Crippen MR) is 221 cm³/mol. The molecule has 7 rings (SSSR count). The Morgan fingerprint density at radius 2 is 1.86 bits per heavy atom. The van der Waals surface area contributed by atoms with Crippen molar-refractivity contribution in [3.05, 3.63) is 75.0 Å². The third-order valence-electron chi connectivity index (χ3n) is 11.9. The minimum Gasteiger partial charge on any atom is -0.506 e. The predicted octanol–water partition coefficient (Wildman–Crippen LogP) is 5.54. The van der Waals surface area contributed by atoms with Crippen LogP contribution in [0.2, 0.25) is 0 Å². The molecule has 3 fully saturated rings. The zero-order valence-electron chi connectivity index (χ0n) is 33.4. The van der Waals surface area contributed by atoms with E-state index in [-0.39, 0.29) is 41.7 Å². The molecule has 4 aliphatic rings. The molecular formula is C44H59N5O7S. The number of benzene rings is 2. The summed E-state index contributed by atoms with van der Waals surface area (Å²) in [5, 5.41) is 18.4. The number of carbonyl (C=O) groups is 3. The van der Waals surface area contributed by atoms with Gasteiger partial charge in [-0.25, -0.2) is 0 Å². The lowest BCUT2D eigenvalue weighted by atomic mass is 9.89. The first kappa shape index (κ1) is 41.2. The molecule has 0 bridgehead atoms. The van der Waals surface area contributed by atoms with E-state index in [2.05, 4.69) is 44.7 Å². The Hall–Kier alpha value is -4.01. The number of aromatic hydroxyl groups is 1. The maximum atomic E-state index is 13.5. The smallest absolute Gasteiger partial charge is 0.264 e. The van der Waals surface area contributed by atoms with Crippen LogP contribution in [0.15, 0.2) is 47.8 Å². The standard InChI is InChI=1S/C44H59N5O7S/c1-32-26-38(57-30-32)43(53)48-22-25-56-44(31-48)15-19-47(20-16-44)28-34-7-5-6-33(27-34)13-23-54-24-14-40(52)49(36-8-3-2-4-9-36)21-18-45-17-12-35-10-11-37(50)41-42(35)55-29-39(51)46-41/h5-7,10-11,26-27,30,36,45,50H,2-4,8-9,12-25,28-29,31H2,1H3,(H,46,51). The molecule has 12 nitrogen and oxygen atoms in total. The van der Waals surface area contributed by atoms with E-state index in [1.54, 1.807) is 6.07 Å². The van der Waals surface area contributed by atoms with Crippen molar-refractivity contribution in [3.8, 4) is 11.5 Å². The average molecular weight is 802 g/mol. The van der Waals surface area contributed by atoms with Gasteiger partial charge in [0.2, 0.25) is 5.91 Å². The quantitative estimate of drug-likeness (QED) is 0.126. The first-order valence-electron chi connectivity index (χ1n) is 20.9. The van der Waals surface area contributed by atoms with E-state index in [4.69, 9.17) is 14.2 Å². The fourth-order valence-corrected chi connectivity index (χ4v) is 9.60. The van der Waals surface area contributed by atoms with Crippen molar-refractivity contribution in [2.24, 2.45) is 0 Å². The number of rotatable bonds is 16. The van der Waals surface area contributed by atoms with Crippen molar-refractivity contribution >= 4 is 34.7 Å². The lowest BCUT2D eigenvalue weighted by molar-refractivity contribution is -0.135. The summed E-state index contributed by atoms with van der Waals surface area (Å²) in [5.74, 6) is 0.527. The Balaban J connectivity index is 0.811. The lowest BCUT2D eigenvalue weighted by Crippen LogP contribution is -2.57. The Morgan fingerprint density at radius 1 is 1.04 bits per heavy atom. The molecule has 3 aliphatic heterocycles. The van der Waals surface area contributed by atoms with Crippen LogP contribution in [-0.4, -0.2) is 121 Å². The number of thiophene rings is 1. The van der Waals surface area contributed by atoms with Gasteiger partial charge < -0.3 is 39.8 Å². The van der Waals surface area contributed by atoms with E-state index in [0.717, 1.165) is 80.6 Å². The molecular weight excluding hydrogens is 743 g/mol. The van der Waals surface area contributed by atoms with Crippen LogP contribution in [0.3, 0.4) is 0 Å². The number of hydrogen-bond acceptors (Lipinski definition) is 10. The number of fused-ring (bicyclic) bond motifs is 1. The van der Waals surface area contributed by atoms with E-state index in [9.17, 15) is 19.5 Å². The largest absolute Gasteiger partial charge is 0.506 e. The van der Waals surface area contributed by atoms with Gasteiger partial charge in [-0.15, -0.1) is 11.3 Å². The fourth-order valence-electron chi connectivity index (χ4n) is 8.74. The third kappa shape index (κ3) is 10.9. The lowest BCUT2D eigenvalue weighted by Gasteiger charge is -2.47. The van der Waals surface area contributed by atoms with Gasteiger partial charge in [-0.2, -0.15) is 0 Å². The van der Waals surface area contributed by atoms with Crippen molar-refractivity contribution in [2.45, 2.75) is 89.3 Å². The van der Waals surface area contributed by atoms with Crippen molar-refractivity contribution < 1.29 is 33.7 Å². The maximum absolute atomic E-state index is 13.5. The van der Waals surface area contributed by atoms with Crippen LogP contribution in [0.5, 0.6) is 11.5 Å². The zero-order chi connectivity index (χ0) is 39.6. The number of amides is 3. The van der Waals surface area contributed by atoms with E-state index in [1.165, 1.54) is 28.9 Å². The van der Waals surface area contributed by atoms with Gasteiger partial charge in [0.15, 0.2) is 12.4 Å². The number of aryl methyl sites for hydroxylation is 1. The molecule has 2 aromatic carbocycles. The van der Waals surface area contributed by atoms with E-state index >= 15 is 0 Å². The molecule has 1 aromatic heterocycles. The summed E-state index contributed by atoms with van der Waals surface area (Å²) < 4.78 is 18.0. The SMILES string of the molecule is Cc1csc(C(=O)N2CCOC3(CCN(Cc4cccc(CCOCCC(=O)N(CCNCCc5ccc(O)c6c5OCC(=O)N6)C5CCCCC5)c4)CC3)C2)c1. The van der Waals surface area contributed by atoms with E-state index in [1.807, 2.05) is 29.3 Å². The van der Waals surface area contributed by atoms with Crippen LogP contribution in [0.4, 0.5) is 5.69 Å². The Morgan fingerprint density at radius 3 is 2.67 bits per heavy atom. The number of ether oxygens (including phenoxy) is 3. The Bertz CT molecular complexity index is 1840. The normalized spacial score (nSPS) is 18.5. The zero-order valence-corrected chi connectivity index (χ0v) is 34.2. The van der Waals surface area contributed by atoms with Crippen molar-refractivity contribution in [2.75, 3.05) is 77.6 Å². The summed E-state index contributed by atoms with van der Waals surface area (Å²) in [4.78, 5) is 45.8. The molecule has 3 aromatic rings. The van der Waals surface area contributed by atoms with Crippen LogP contribution >= 0.6 is 11.3 Å². The highest BCUT2D eigenvalue weighted by Gasteiger charge is 2.41. The summed E-state index contributed by atoms with van der Waals surface area (Å²) in [6.45, 7) is 9.62. The molecule has 3 N–H and O–H groups in total. The number of nitrogens with one attached hydrogen (secondary N) is 2. The summed E-state index contributed by atoms with van der Waals surface area (Å²) in [6.07, 6.45) is 9.32. The highest BCUT2D eigenvalue weighted by Crippen LogP contribution is 2.39. The number of phenols is 1. The highest BCUT2D eigenvalue weighted by molar-refractivity contribution is 7.12. The molecule has 1 aliphatic carbocycles. The Labute approximate surface area is 340 Å². The van der Waals surface area contributed by atoms with Crippen LogP contribution < -0.4 is 15.4 Å². The second-order valence-electron chi connectivity index (χ2n) is 16.1. The van der Waals surface area contributed by atoms with Crippen molar-refractivity contribution in [3.63, 3.8) is 0 Å². The number of hydrogen-bond donors (Lipinski definition) is 3. The van der Waals surface area contributed by atoms with Gasteiger partial charge in [0, 0.05) is 45.3 Å². The number of carbonyl (C=O) groups excluding carboxylic acids is 3. The van der Waals surface area contributed by atoms with E-state index < -0.39 is 0 Å². The molecule has 0 unspecified atom stereocenters. The van der Waals surface area contributed by atoms with Gasteiger partial charge in [0.1, 0.15) is 11.4 Å². The topological polar surface area (TPSA) is 133 Å². The summed E-state index contributed by atoms with van der Waals surface area (Å²) >= 11 is 1.53. The molecule has 13 heteroatoms. The molecule has 308 valence electrons. The minimum absolute atomic E-state index is 0.00314. The number of morpholine rings is 1. The first-order valence-corrected chi connectivity index (χ1v) is 21.8. The molecule has 2 saturated heterocycles. The van der Waals surface area contributed by atoms with Gasteiger partial charge in [-0.3, -0.25) is 19.3 Å². The van der Waals surface area contributed by atoms with Crippen LogP contribution in [0, 0.1) is 6.92 Å². The third-order valence-corrected chi connectivity index (χ3v) is 12.9. The number of nitrogens with zero attached hydrogens (tertiary/aromatic N) is 3. The molecule has 4 heterocycles.